The monoisotopic (exact) mass is 479 g/mol. The van der Waals surface area contributed by atoms with Crippen LogP contribution in [-0.2, 0) is 21.9 Å². The van der Waals surface area contributed by atoms with Gasteiger partial charge in [-0.25, -0.2) is 8.42 Å². The van der Waals surface area contributed by atoms with E-state index in [1.54, 1.807) is 7.11 Å². The second-order valence-electron chi connectivity index (χ2n) is 7.38. The fourth-order valence-electron chi connectivity index (χ4n) is 3.80. The first-order valence-electron chi connectivity index (χ1n) is 9.73. The minimum atomic E-state index is -3.82. The van der Waals surface area contributed by atoms with Crippen LogP contribution in [0.15, 0.2) is 46.3 Å². The minimum Gasteiger partial charge on any atom is -0.495 e. The van der Waals surface area contributed by atoms with Crippen LogP contribution < -0.4 is 9.54 Å². The van der Waals surface area contributed by atoms with E-state index in [9.17, 15) is 13.2 Å². The van der Waals surface area contributed by atoms with Gasteiger partial charge in [0.25, 0.3) is 5.91 Å². The van der Waals surface area contributed by atoms with Gasteiger partial charge in [0.05, 0.1) is 16.7 Å². The molecule has 3 aromatic rings. The number of nitrogens with zero attached hydrogens (tertiary/aromatic N) is 3. The van der Waals surface area contributed by atoms with Crippen LogP contribution in [0, 0.1) is 6.92 Å². The summed E-state index contributed by atoms with van der Waals surface area (Å²) in [7, 11) is -0.401. The van der Waals surface area contributed by atoms with Crippen molar-refractivity contribution < 1.29 is 17.9 Å². The van der Waals surface area contributed by atoms with Gasteiger partial charge >= 0.3 is 0 Å². The van der Waals surface area contributed by atoms with Crippen LogP contribution in [0.3, 0.4) is 0 Å². The highest BCUT2D eigenvalue weighted by atomic mass is 35.5. The minimum absolute atomic E-state index is 0.115. The lowest BCUT2D eigenvalue weighted by Crippen LogP contribution is -2.40. The summed E-state index contributed by atoms with van der Waals surface area (Å²) in [4.78, 5) is 18.0. The zero-order chi connectivity index (χ0) is 22.3. The maximum Gasteiger partial charge on any atom is 0.266 e. The summed E-state index contributed by atoms with van der Waals surface area (Å²) in [6.07, 6.45) is 1.04. The molecule has 1 amide bonds. The number of hydrogen-bond donors (Lipinski definition) is 0. The van der Waals surface area contributed by atoms with Crippen molar-refractivity contribution >= 4 is 49.1 Å². The molecule has 0 bridgehead atoms. The van der Waals surface area contributed by atoms with Crippen molar-refractivity contribution in [3.05, 3.63) is 51.8 Å². The maximum absolute atomic E-state index is 13.1. The van der Waals surface area contributed by atoms with E-state index < -0.39 is 22.0 Å². The van der Waals surface area contributed by atoms with Gasteiger partial charge in [0.1, 0.15) is 17.3 Å². The number of carbonyl (C=O) groups is 1. The quantitative estimate of drug-likeness (QED) is 0.573. The number of benzene rings is 2. The van der Waals surface area contributed by atoms with Crippen LogP contribution in [0.5, 0.6) is 5.75 Å². The predicted molar refractivity (Wildman–Crippen MR) is 121 cm³/mol. The molecule has 0 spiro atoms. The first-order valence-corrected chi connectivity index (χ1v) is 12.4. The molecule has 0 aliphatic carbocycles. The van der Waals surface area contributed by atoms with Gasteiger partial charge < -0.3 is 9.30 Å². The Balaban J connectivity index is 1.73. The van der Waals surface area contributed by atoms with Crippen molar-refractivity contribution in [2.75, 3.05) is 13.7 Å². The number of aromatic nitrogens is 1. The molecule has 0 radical (unpaired) electrons. The molecule has 2 heterocycles. The van der Waals surface area contributed by atoms with E-state index in [0.717, 1.165) is 15.8 Å². The average molecular weight is 480 g/mol. The lowest BCUT2D eigenvalue weighted by atomic mass is 10.2. The summed E-state index contributed by atoms with van der Waals surface area (Å²) in [6, 6.07) is 8.98. The zero-order valence-corrected chi connectivity index (χ0v) is 19.7. The van der Waals surface area contributed by atoms with Crippen molar-refractivity contribution in [2.45, 2.75) is 30.7 Å². The molecule has 1 atom stereocenters. The Morgan fingerprint density at radius 1 is 1.23 bits per heavy atom. The Kier molecular flexibility index (Phi) is 5.95. The molecule has 0 N–H and O–H groups in total. The smallest absolute Gasteiger partial charge is 0.266 e. The molecule has 31 heavy (non-hydrogen) atoms. The molecule has 4 rings (SSSR count). The highest BCUT2D eigenvalue weighted by molar-refractivity contribution is 7.89. The SMILES string of the molecule is COc1ccc(C)c2sc(=NC(=O)C3CCCN3S(=O)(=O)c3ccc(Cl)cc3)n(C)c12. The highest BCUT2D eigenvalue weighted by Crippen LogP contribution is 2.30. The Hall–Kier alpha value is -2.20. The van der Waals surface area contributed by atoms with Crippen molar-refractivity contribution in [3.8, 4) is 5.75 Å². The van der Waals surface area contributed by atoms with Crippen LogP contribution in [0.25, 0.3) is 10.2 Å². The molecule has 164 valence electrons. The Bertz CT molecular complexity index is 1330. The number of rotatable bonds is 4. The van der Waals surface area contributed by atoms with E-state index in [1.165, 1.54) is 39.9 Å². The fraction of sp³-hybridized carbons (Fsp3) is 0.333. The first kappa shape index (κ1) is 22.0. The van der Waals surface area contributed by atoms with E-state index in [0.29, 0.717) is 28.4 Å². The summed E-state index contributed by atoms with van der Waals surface area (Å²) in [6.45, 7) is 2.27. The molecule has 1 fully saturated rings. The van der Waals surface area contributed by atoms with Gasteiger partial charge in [-0.1, -0.05) is 29.0 Å². The van der Waals surface area contributed by atoms with Crippen LogP contribution in [0.2, 0.25) is 5.02 Å². The van der Waals surface area contributed by atoms with Crippen LogP contribution in [0.4, 0.5) is 0 Å². The number of thiazole rings is 1. The second-order valence-corrected chi connectivity index (χ2v) is 10.7. The van der Waals surface area contributed by atoms with Gasteiger partial charge in [-0.15, -0.1) is 0 Å². The van der Waals surface area contributed by atoms with Gasteiger partial charge in [0, 0.05) is 18.6 Å². The van der Waals surface area contributed by atoms with Crippen LogP contribution in [-0.4, -0.2) is 42.9 Å². The van der Waals surface area contributed by atoms with Gasteiger partial charge in [-0.2, -0.15) is 9.30 Å². The van der Waals surface area contributed by atoms with Crippen molar-refractivity contribution in [2.24, 2.45) is 12.0 Å². The number of methoxy groups -OCH3 is 1. The number of amides is 1. The Morgan fingerprint density at radius 3 is 2.61 bits per heavy atom. The van der Waals surface area contributed by atoms with E-state index in [1.807, 2.05) is 30.7 Å². The number of aryl methyl sites for hydroxylation is 2. The number of fused-ring (bicyclic) bond motifs is 1. The number of halogens is 1. The zero-order valence-electron chi connectivity index (χ0n) is 17.3. The molecular formula is C21H22ClN3O4S2. The van der Waals surface area contributed by atoms with Crippen molar-refractivity contribution in [1.29, 1.82) is 0 Å². The number of hydrogen-bond acceptors (Lipinski definition) is 5. The lowest BCUT2D eigenvalue weighted by molar-refractivity contribution is -0.121. The summed E-state index contributed by atoms with van der Waals surface area (Å²) >= 11 is 7.27. The van der Waals surface area contributed by atoms with E-state index in [2.05, 4.69) is 4.99 Å². The lowest BCUT2D eigenvalue weighted by Gasteiger charge is -2.21. The van der Waals surface area contributed by atoms with Crippen LogP contribution >= 0.6 is 22.9 Å². The molecule has 2 aromatic carbocycles. The Labute approximate surface area is 189 Å². The molecule has 10 heteroatoms. The van der Waals surface area contributed by atoms with Gasteiger partial charge in [-0.05, 0) is 55.7 Å². The summed E-state index contributed by atoms with van der Waals surface area (Å²) in [5.41, 5.74) is 1.91. The number of sulfonamides is 1. The fourth-order valence-corrected chi connectivity index (χ4v) is 6.69. The summed E-state index contributed by atoms with van der Waals surface area (Å²) in [5.74, 6) is 0.231. The van der Waals surface area contributed by atoms with Gasteiger partial charge in [0.2, 0.25) is 10.0 Å². The molecule has 1 saturated heterocycles. The van der Waals surface area contributed by atoms with Gasteiger partial charge in [0.15, 0.2) is 4.80 Å². The molecule has 1 unspecified atom stereocenters. The second kappa shape index (κ2) is 8.38. The molecule has 1 aliphatic rings. The summed E-state index contributed by atoms with van der Waals surface area (Å²) in [5, 5.41) is 0.450. The Morgan fingerprint density at radius 2 is 1.94 bits per heavy atom. The predicted octanol–water partition coefficient (Wildman–Crippen LogP) is 3.49. The normalized spacial score (nSPS) is 18.1. The summed E-state index contributed by atoms with van der Waals surface area (Å²) < 4.78 is 35.7. The molecule has 7 nitrogen and oxygen atoms in total. The van der Waals surface area contributed by atoms with Gasteiger partial charge in [-0.3, -0.25) is 4.79 Å². The van der Waals surface area contributed by atoms with Crippen molar-refractivity contribution in [1.82, 2.24) is 8.87 Å². The van der Waals surface area contributed by atoms with E-state index >= 15 is 0 Å². The van der Waals surface area contributed by atoms with Crippen LogP contribution in [0.1, 0.15) is 18.4 Å². The van der Waals surface area contributed by atoms with E-state index in [-0.39, 0.29) is 11.4 Å². The van der Waals surface area contributed by atoms with E-state index in [4.69, 9.17) is 16.3 Å². The highest BCUT2D eigenvalue weighted by Gasteiger charge is 2.39. The van der Waals surface area contributed by atoms with Crippen molar-refractivity contribution in [3.63, 3.8) is 0 Å². The molecular weight excluding hydrogens is 458 g/mol. The first-order chi connectivity index (χ1) is 14.7. The molecule has 1 aliphatic heterocycles. The number of carbonyl (C=O) groups excluding carboxylic acids is 1. The standard InChI is InChI=1S/C21H22ClN3O4S2/c1-13-6-11-17(29-3)18-19(13)30-21(24(18)2)23-20(26)16-5-4-12-25(16)31(27,28)15-9-7-14(22)8-10-15/h6-11,16H,4-5,12H2,1-3H3. The molecule has 1 aromatic heterocycles. The number of ether oxygens (including phenoxy) is 1. The molecule has 0 saturated carbocycles. The largest absolute Gasteiger partial charge is 0.495 e. The average Bonchev–Trinajstić information content (AvgIpc) is 3.36. The third-order valence-corrected chi connectivity index (χ3v) is 8.88. The third kappa shape index (κ3) is 3.91. The maximum atomic E-state index is 13.1. The topological polar surface area (TPSA) is 81.0 Å². The third-order valence-electron chi connectivity index (χ3n) is 5.44.